The van der Waals surface area contributed by atoms with Crippen LogP contribution < -0.4 is 5.32 Å². The Kier molecular flexibility index (Phi) is 6.72. The van der Waals surface area contributed by atoms with Crippen molar-refractivity contribution in [1.82, 2.24) is 15.1 Å². The smallest absolute Gasteiger partial charge is 0.0110 e. The maximum absolute atomic E-state index is 3.78. The van der Waals surface area contributed by atoms with Crippen LogP contribution in [0.5, 0.6) is 0 Å². The van der Waals surface area contributed by atoms with Crippen molar-refractivity contribution in [3.8, 4) is 0 Å². The van der Waals surface area contributed by atoms with E-state index in [2.05, 4.69) is 49.0 Å². The highest BCUT2D eigenvalue weighted by Crippen LogP contribution is 2.29. The second-order valence-corrected chi connectivity index (χ2v) is 7.35. The molecule has 2 aliphatic rings. The first-order valence-electron chi connectivity index (χ1n) is 8.87. The van der Waals surface area contributed by atoms with Gasteiger partial charge in [0.05, 0.1) is 0 Å². The Morgan fingerprint density at radius 2 is 2.00 bits per heavy atom. The molecule has 0 spiro atoms. The normalized spacial score (nSPS) is 30.2. The first kappa shape index (κ1) is 17.0. The summed E-state index contributed by atoms with van der Waals surface area (Å²) in [5, 5.41) is 3.78. The molecule has 1 saturated heterocycles. The molecule has 3 heteroatoms. The molecule has 122 valence electrons. The van der Waals surface area contributed by atoms with E-state index in [1.807, 2.05) is 0 Å². The van der Waals surface area contributed by atoms with E-state index in [9.17, 15) is 0 Å². The lowest BCUT2D eigenvalue weighted by Crippen LogP contribution is -2.46. The van der Waals surface area contributed by atoms with E-state index in [4.69, 9.17) is 0 Å². The van der Waals surface area contributed by atoms with Crippen LogP contribution in [0.3, 0.4) is 0 Å². The molecule has 0 aromatic rings. The second kappa shape index (κ2) is 8.30. The van der Waals surface area contributed by atoms with Gasteiger partial charge in [-0.2, -0.15) is 0 Å². The first-order valence-corrected chi connectivity index (χ1v) is 8.87. The average molecular weight is 293 g/mol. The first-order chi connectivity index (χ1) is 10.1. The molecule has 1 fully saturated rings. The second-order valence-electron chi connectivity index (χ2n) is 7.35. The van der Waals surface area contributed by atoms with Crippen LogP contribution in [0.2, 0.25) is 0 Å². The molecule has 0 aromatic carbocycles. The van der Waals surface area contributed by atoms with E-state index < -0.39 is 0 Å². The molecule has 3 atom stereocenters. The summed E-state index contributed by atoms with van der Waals surface area (Å²) in [6.07, 6.45) is 6.36. The molecule has 0 amide bonds. The predicted octanol–water partition coefficient (Wildman–Crippen LogP) is 2.59. The summed E-state index contributed by atoms with van der Waals surface area (Å²) in [6.45, 7) is 14.4. The zero-order chi connectivity index (χ0) is 15.2. The van der Waals surface area contributed by atoms with Crippen LogP contribution >= 0.6 is 0 Å². The van der Waals surface area contributed by atoms with Gasteiger partial charge in [0.25, 0.3) is 0 Å². The van der Waals surface area contributed by atoms with Crippen molar-refractivity contribution in [3.63, 3.8) is 0 Å². The molecular formula is C18H35N3. The highest BCUT2D eigenvalue weighted by molar-refractivity contribution is 5.09. The highest BCUT2D eigenvalue weighted by atomic mass is 15.2. The quantitative estimate of drug-likeness (QED) is 0.760. The van der Waals surface area contributed by atoms with E-state index in [1.54, 1.807) is 5.57 Å². The molecule has 1 N–H and O–H groups in total. The van der Waals surface area contributed by atoms with Crippen molar-refractivity contribution < 1.29 is 0 Å². The standard InChI is InChI=1S/C18H35N3/c1-15-6-5-7-16(2)18(15)14-19-17(3)8-9-21-12-10-20(4)11-13-21/h6,16-19H,5,7-14H2,1-4H3/t16-,17+,18+/m0/s1. The molecular weight excluding hydrogens is 258 g/mol. The molecule has 0 aromatic heterocycles. The van der Waals surface area contributed by atoms with Gasteiger partial charge in [-0.3, -0.25) is 0 Å². The fourth-order valence-electron chi connectivity index (χ4n) is 3.62. The summed E-state index contributed by atoms with van der Waals surface area (Å²) >= 11 is 0. The minimum Gasteiger partial charge on any atom is -0.314 e. The van der Waals surface area contributed by atoms with Crippen LogP contribution in [0.1, 0.15) is 40.0 Å². The largest absolute Gasteiger partial charge is 0.314 e. The number of piperazine rings is 1. The molecule has 21 heavy (non-hydrogen) atoms. The van der Waals surface area contributed by atoms with Crippen molar-refractivity contribution in [2.75, 3.05) is 46.3 Å². The zero-order valence-corrected chi connectivity index (χ0v) is 14.6. The molecule has 1 heterocycles. The van der Waals surface area contributed by atoms with Gasteiger partial charge in [-0.1, -0.05) is 18.6 Å². The maximum atomic E-state index is 3.78. The Morgan fingerprint density at radius 3 is 2.67 bits per heavy atom. The van der Waals surface area contributed by atoms with Gasteiger partial charge in [0.15, 0.2) is 0 Å². The molecule has 3 nitrogen and oxygen atoms in total. The number of likely N-dealkylation sites (N-methyl/N-ethyl adjacent to an activating group) is 1. The fraction of sp³-hybridized carbons (Fsp3) is 0.889. The monoisotopic (exact) mass is 293 g/mol. The SMILES string of the molecule is CC1=CCC[C@H](C)[C@@H]1CN[C@H](C)CCN1CCN(C)CC1. The van der Waals surface area contributed by atoms with Crippen molar-refractivity contribution in [2.24, 2.45) is 11.8 Å². The summed E-state index contributed by atoms with van der Waals surface area (Å²) in [5.41, 5.74) is 1.60. The maximum Gasteiger partial charge on any atom is 0.0110 e. The Labute approximate surface area is 131 Å². The van der Waals surface area contributed by atoms with Gasteiger partial charge in [-0.25, -0.2) is 0 Å². The number of nitrogens with one attached hydrogen (secondary N) is 1. The Morgan fingerprint density at radius 1 is 1.29 bits per heavy atom. The summed E-state index contributed by atoms with van der Waals surface area (Å²) in [5.74, 6) is 1.59. The predicted molar refractivity (Wildman–Crippen MR) is 91.7 cm³/mol. The number of hydrogen-bond donors (Lipinski definition) is 1. The summed E-state index contributed by atoms with van der Waals surface area (Å²) in [6, 6.07) is 0.631. The molecule has 0 unspecified atom stereocenters. The van der Waals surface area contributed by atoms with Crippen LogP contribution in [-0.2, 0) is 0 Å². The molecule has 0 bridgehead atoms. The lowest BCUT2D eigenvalue weighted by atomic mass is 9.80. The average Bonchev–Trinajstić information content (AvgIpc) is 2.46. The minimum absolute atomic E-state index is 0.631. The third kappa shape index (κ3) is 5.39. The third-order valence-electron chi connectivity index (χ3n) is 5.52. The van der Waals surface area contributed by atoms with Gasteiger partial charge in [-0.15, -0.1) is 0 Å². The van der Waals surface area contributed by atoms with Gasteiger partial charge in [0.1, 0.15) is 0 Å². The van der Waals surface area contributed by atoms with E-state index in [-0.39, 0.29) is 0 Å². The third-order valence-corrected chi connectivity index (χ3v) is 5.52. The Hall–Kier alpha value is -0.380. The van der Waals surface area contributed by atoms with E-state index >= 15 is 0 Å². The lowest BCUT2D eigenvalue weighted by molar-refractivity contribution is 0.149. The van der Waals surface area contributed by atoms with Gasteiger partial charge >= 0.3 is 0 Å². The molecule has 2 rings (SSSR count). The van der Waals surface area contributed by atoms with Gasteiger partial charge in [0.2, 0.25) is 0 Å². The number of allylic oxidation sites excluding steroid dienone is 1. The van der Waals surface area contributed by atoms with Crippen molar-refractivity contribution in [2.45, 2.75) is 46.1 Å². The van der Waals surface area contributed by atoms with Crippen LogP contribution in [0, 0.1) is 11.8 Å². The molecule has 0 radical (unpaired) electrons. The van der Waals surface area contributed by atoms with Crippen molar-refractivity contribution in [3.05, 3.63) is 11.6 Å². The highest BCUT2D eigenvalue weighted by Gasteiger charge is 2.22. The Bertz CT molecular complexity index is 331. The van der Waals surface area contributed by atoms with Crippen LogP contribution in [0.15, 0.2) is 11.6 Å². The lowest BCUT2D eigenvalue weighted by Gasteiger charge is -2.33. The molecule has 1 aliphatic heterocycles. The van der Waals surface area contributed by atoms with Crippen LogP contribution in [-0.4, -0.2) is 62.2 Å². The Balaban J connectivity index is 1.64. The fourth-order valence-corrected chi connectivity index (χ4v) is 3.62. The van der Waals surface area contributed by atoms with E-state index in [0.29, 0.717) is 6.04 Å². The number of nitrogens with zero attached hydrogens (tertiary/aromatic N) is 2. The minimum atomic E-state index is 0.631. The van der Waals surface area contributed by atoms with E-state index in [1.165, 1.54) is 52.0 Å². The molecule has 0 saturated carbocycles. The number of hydrogen-bond acceptors (Lipinski definition) is 3. The van der Waals surface area contributed by atoms with Crippen LogP contribution in [0.4, 0.5) is 0 Å². The number of rotatable bonds is 6. The van der Waals surface area contributed by atoms with Crippen molar-refractivity contribution in [1.29, 1.82) is 0 Å². The van der Waals surface area contributed by atoms with Crippen LogP contribution in [0.25, 0.3) is 0 Å². The summed E-state index contributed by atoms with van der Waals surface area (Å²) in [7, 11) is 2.22. The van der Waals surface area contributed by atoms with Gasteiger partial charge in [0, 0.05) is 38.8 Å². The van der Waals surface area contributed by atoms with E-state index in [0.717, 1.165) is 18.4 Å². The van der Waals surface area contributed by atoms with Gasteiger partial charge < -0.3 is 15.1 Å². The molecule has 1 aliphatic carbocycles. The van der Waals surface area contributed by atoms with Crippen molar-refractivity contribution >= 4 is 0 Å². The summed E-state index contributed by atoms with van der Waals surface area (Å²) in [4.78, 5) is 5.05. The topological polar surface area (TPSA) is 18.5 Å². The summed E-state index contributed by atoms with van der Waals surface area (Å²) < 4.78 is 0. The zero-order valence-electron chi connectivity index (χ0n) is 14.6. The van der Waals surface area contributed by atoms with Gasteiger partial charge in [-0.05, 0) is 58.5 Å².